The minimum atomic E-state index is -0.437. The summed E-state index contributed by atoms with van der Waals surface area (Å²) in [6, 6.07) is 64.5. The molecular weight excluding hydrogens is 817 g/mol. The van der Waals surface area contributed by atoms with Crippen LogP contribution in [0.4, 0.5) is 0 Å². The highest BCUT2D eigenvalue weighted by Gasteiger charge is 2.51. The van der Waals surface area contributed by atoms with E-state index in [1.807, 2.05) is 6.92 Å². The molecule has 0 bridgehead atoms. The van der Waals surface area contributed by atoms with Crippen LogP contribution in [-0.2, 0) is 5.41 Å². The molecule has 8 aromatic rings. The Labute approximate surface area is 403 Å². The maximum absolute atomic E-state index is 4.51. The van der Waals surface area contributed by atoms with Crippen LogP contribution in [0.5, 0.6) is 0 Å². The molecule has 0 saturated carbocycles. The fourth-order valence-corrected chi connectivity index (χ4v) is 10.6. The molecule has 68 heavy (non-hydrogen) atoms. The van der Waals surface area contributed by atoms with E-state index in [1.54, 1.807) is 0 Å². The molecule has 328 valence electrons. The second-order valence-electron chi connectivity index (χ2n) is 18.1. The molecular formula is C68H56. The van der Waals surface area contributed by atoms with E-state index in [4.69, 9.17) is 0 Å². The van der Waals surface area contributed by atoms with Crippen molar-refractivity contribution in [3.8, 4) is 33.4 Å². The van der Waals surface area contributed by atoms with Crippen LogP contribution in [0.25, 0.3) is 61.4 Å². The van der Waals surface area contributed by atoms with E-state index in [0.717, 1.165) is 6.42 Å². The minimum absolute atomic E-state index is 0.437. The van der Waals surface area contributed by atoms with Crippen LogP contribution in [0.2, 0.25) is 0 Å². The first-order valence-corrected chi connectivity index (χ1v) is 23.9. The number of hydrogen-bond acceptors (Lipinski definition) is 0. The molecule has 0 heterocycles. The molecule has 0 N–H and O–H groups in total. The van der Waals surface area contributed by atoms with E-state index >= 15 is 0 Å². The lowest BCUT2D eigenvalue weighted by Crippen LogP contribution is -2.26. The largest absolute Gasteiger partial charge is 0.0987 e. The number of fused-ring (bicyclic) bond motifs is 8. The van der Waals surface area contributed by atoms with Gasteiger partial charge in [-0.25, -0.2) is 0 Å². The fourth-order valence-electron chi connectivity index (χ4n) is 10.6. The topological polar surface area (TPSA) is 0 Å². The van der Waals surface area contributed by atoms with Crippen molar-refractivity contribution in [2.24, 2.45) is 0 Å². The number of rotatable bonds is 8. The average Bonchev–Trinajstić information content (AvgIpc) is 3.83. The van der Waals surface area contributed by atoms with Crippen molar-refractivity contribution in [3.05, 3.63) is 304 Å². The third-order valence-electron chi connectivity index (χ3n) is 13.8. The maximum atomic E-state index is 4.51. The van der Waals surface area contributed by atoms with Gasteiger partial charge in [0.25, 0.3) is 0 Å². The quantitative estimate of drug-likeness (QED) is 0.105. The van der Waals surface area contributed by atoms with Gasteiger partial charge in [-0.15, -0.1) is 0 Å². The summed E-state index contributed by atoms with van der Waals surface area (Å²) >= 11 is 0. The molecule has 3 aliphatic carbocycles. The molecule has 0 atom stereocenters. The van der Waals surface area contributed by atoms with Crippen molar-refractivity contribution in [1.29, 1.82) is 0 Å². The van der Waals surface area contributed by atoms with Gasteiger partial charge in [-0.1, -0.05) is 231 Å². The molecule has 0 nitrogen and oxygen atoms in total. The van der Waals surface area contributed by atoms with Gasteiger partial charge in [0.15, 0.2) is 0 Å². The summed E-state index contributed by atoms with van der Waals surface area (Å²) in [5.74, 6) is 0. The van der Waals surface area contributed by atoms with Crippen molar-refractivity contribution in [2.75, 3.05) is 0 Å². The predicted octanol–water partition coefficient (Wildman–Crippen LogP) is 18.2. The SMILES string of the molecule is C=CC1=C(/C=C2/C=CC=CC2)c2cc(-c3ccc(C)c(-c4cc(\C=C(/C=C\C=C\C)c5ccccc5)ccc4C)c3)ccc2C12c1ccccc1-c1ccccc12.Cc1ccc2ccccc2c1. The molecule has 0 unspecified atom stereocenters. The molecule has 8 aromatic carbocycles. The zero-order valence-corrected chi connectivity index (χ0v) is 39.5. The van der Waals surface area contributed by atoms with E-state index in [0.29, 0.717) is 0 Å². The lowest BCUT2D eigenvalue weighted by Gasteiger charge is -2.31. The van der Waals surface area contributed by atoms with Gasteiger partial charge in [0, 0.05) is 0 Å². The van der Waals surface area contributed by atoms with Crippen LogP contribution in [0.15, 0.2) is 254 Å². The Morgan fingerprint density at radius 1 is 0.544 bits per heavy atom. The fraction of sp³-hybridized carbons (Fsp3) is 0.0882. The van der Waals surface area contributed by atoms with Crippen molar-refractivity contribution >= 4 is 28.0 Å². The highest BCUT2D eigenvalue weighted by Crippen LogP contribution is 2.62. The van der Waals surface area contributed by atoms with Crippen LogP contribution in [0.1, 0.15) is 63.4 Å². The lowest BCUT2D eigenvalue weighted by atomic mass is 9.69. The standard InChI is InChI=1S/C57H46.C11H10/c1-5-7-10-23-44(43-21-13-9-14-22-43)34-42-30-28-39(3)49(36-42)50-37-45(31-29-40(50)4)46-32-33-56-52(38-46)51(35-41-19-11-8-12-20-41)53(6-2)57(56)54-26-17-15-24-47(54)48-25-16-18-27-55(48)57;1-9-6-7-10-4-2-3-5-11(10)8-9/h5-19,21-38H,2,20H2,1,3-4H3;2-8H,1H3/b7-5+,23-10-,41-35-,44-34+;. The Balaban J connectivity index is 0.000000428. The summed E-state index contributed by atoms with van der Waals surface area (Å²) in [4.78, 5) is 0. The van der Waals surface area contributed by atoms with Gasteiger partial charge in [-0.2, -0.15) is 0 Å². The van der Waals surface area contributed by atoms with Gasteiger partial charge in [0.05, 0.1) is 5.41 Å². The van der Waals surface area contributed by atoms with Crippen LogP contribution in [0.3, 0.4) is 0 Å². The average molecular weight is 873 g/mol. The number of allylic oxidation sites excluding steroid dienone is 14. The highest BCUT2D eigenvalue weighted by atomic mass is 14.5. The Hall–Kier alpha value is -8.06. The minimum Gasteiger partial charge on any atom is -0.0987 e. The predicted molar refractivity (Wildman–Crippen MR) is 294 cm³/mol. The Bertz CT molecular complexity index is 3420. The molecule has 3 aliphatic rings. The van der Waals surface area contributed by atoms with Gasteiger partial charge in [-0.05, 0) is 169 Å². The van der Waals surface area contributed by atoms with E-state index in [-0.39, 0.29) is 0 Å². The maximum Gasteiger partial charge on any atom is 0.0725 e. The second-order valence-corrected chi connectivity index (χ2v) is 18.1. The Morgan fingerprint density at radius 2 is 1.18 bits per heavy atom. The van der Waals surface area contributed by atoms with E-state index < -0.39 is 5.41 Å². The van der Waals surface area contributed by atoms with Crippen molar-refractivity contribution in [2.45, 2.75) is 39.5 Å². The molecule has 1 spiro atoms. The van der Waals surface area contributed by atoms with Gasteiger partial charge in [0.1, 0.15) is 0 Å². The zero-order chi connectivity index (χ0) is 46.6. The molecule has 0 amide bonds. The smallest absolute Gasteiger partial charge is 0.0725 e. The lowest BCUT2D eigenvalue weighted by molar-refractivity contribution is 0.787. The van der Waals surface area contributed by atoms with Crippen molar-refractivity contribution in [3.63, 3.8) is 0 Å². The van der Waals surface area contributed by atoms with E-state index in [2.05, 4.69) is 270 Å². The molecule has 0 radical (unpaired) electrons. The molecule has 11 rings (SSSR count). The Morgan fingerprint density at radius 3 is 1.88 bits per heavy atom. The van der Waals surface area contributed by atoms with Crippen molar-refractivity contribution < 1.29 is 0 Å². The number of benzene rings is 8. The molecule has 0 heteroatoms. The van der Waals surface area contributed by atoms with Gasteiger partial charge < -0.3 is 0 Å². The van der Waals surface area contributed by atoms with Crippen LogP contribution >= 0.6 is 0 Å². The first-order chi connectivity index (χ1) is 33.4. The Kier molecular flexibility index (Phi) is 12.3. The van der Waals surface area contributed by atoms with Crippen molar-refractivity contribution in [1.82, 2.24) is 0 Å². The number of aryl methyl sites for hydroxylation is 3. The summed E-state index contributed by atoms with van der Waals surface area (Å²) in [6.07, 6.45) is 25.0. The third-order valence-corrected chi connectivity index (χ3v) is 13.8. The summed E-state index contributed by atoms with van der Waals surface area (Å²) in [7, 11) is 0. The third kappa shape index (κ3) is 8.14. The van der Waals surface area contributed by atoms with Crippen LogP contribution in [0, 0.1) is 20.8 Å². The summed E-state index contributed by atoms with van der Waals surface area (Å²) in [6.45, 7) is 13.1. The summed E-state index contributed by atoms with van der Waals surface area (Å²) < 4.78 is 0. The second kappa shape index (κ2) is 19.0. The van der Waals surface area contributed by atoms with Gasteiger partial charge in [-0.3, -0.25) is 0 Å². The molecule has 0 aromatic heterocycles. The first-order valence-electron chi connectivity index (χ1n) is 23.9. The normalized spacial score (nSPS) is 15.0. The van der Waals surface area contributed by atoms with E-state index in [1.165, 1.54) is 117 Å². The molecule has 0 aliphatic heterocycles. The summed E-state index contributed by atoms with van der Waals surface area (Å²) in [5, 5.41) is 2.64. The van der Waals surface area contributed by atoms with Gasteiger partial charge >= 0.3 is 0 Å². The van der Waals surface area contributed by atoms with Crippen LogP contribution < -0.4 is 0 Å². The van der Waals surface area contributed by atoms with Crippen LogP contribution in [-0.4, -0.2) is 0 Å². The van der Waals surface area contributed by atoms with E-state index in [9.17, 15) is 0 Å². The zero-order valence-electron chi connectivity index (χ0n) is 39.5. The first kappa shape index (κ1) is 43.8. The number of hydrogen-bond donors (Lipinski definition) is 0. The molecule has 0 saturated heterocycles. The summed E-state index contributed by atoms with van der Waals surface area (Å²) in [5.41, 5.74) is 23.5. The highest BCUT2D eigenvalue weighted by molar-refractivity contribution is 5.99. The molecule has 0 fully saturated rings. The van der Waals surface area contributed by atoms with Gasteiger partial charge in [0.2, 0.25) is 0 Å². The monoisotopic (exact) mass is 872 g/mol.